The molecular formula is C29H49N2Se+. The molecule has 0 atom stereocenters. The number of imidazole rings is 1. The number of nitrogens with zero attached hydrogens (tertiary/aromatic N) is 2. The van der Waals surface area contributed by atoms with Crippen LogP contribution in [0.25, 0.3) is 0 Å². The zero-order valence-electron chi connectivity index (χ0n) is 20.9. The summed E-state index contributed by atoms with van der Waals surface area (Å²) in [5.74, 6) is 0. The molecule has 0 fully saturated rings. The van der Waals surface area contributed by atoms with Crippen molar-refractivity contribution in [2.75, 3.05) is 0 Å². The van der Waals surface area contributed by atoms with Crippen molar-refractivity contribution in [3.63, 3.8) is 0 Å². The second-order valence-electron chi connectivity index (χ2n) is 9.35. The zero-order chi connectivity index (χ0) is 22.5. The number of aryl methyl sites for hydroxylation is 2. The van der Waals surface area contributed by atoms with Crippen molar-refractivity contribution >= 4 is 19.4 Å². The van der Waals surface area contributed by atoms with Gasteiger partial charge in [-0.25, -0.2) is 0 Å². The SMILES string of the molecule is CCCCCCCCCCCCCCCCCC[n+]1ccn(CC[Se]c2ccccc2)c1. The number of aromatic nitrogens is 2. The van der Waals surface area contributed by atoms with Gasteiger partial charge in [-0.05, 0) is 0 Å². The molecule has 0 saturated heterocycles. The zero-order valence-corrected chi connectivity index (χ0v) is 22.6. The van der Waals surface area contributed by atoms with Crippen LogP contribution in [-0.2, 0) is 13.1 Å². The molecule has 2 rings (SSSR count). The summed E-state index contributed by atoms with van der Waals surface area (Å²) in [6.45, 7) is 4.61. The third kappa shape index (κ3) is 14.2. The van der Waals surface area contributed by atoms with Gasteiger partial charge in [-0.3, -0.25) is 0 Å². The van der Waals surface area contributed by atoms with Crippen LogP contribution in [0.3, 0.4) is 0 Å². The van der Waals surface area contributed by atoms with E-state index in [-0.39, 0.29) is 0 Å². The van der Waals surface area contributed by atoms with Crippen LogP contribution >= 0.6 is 0 Å². The van der Waals surface area contributed by atoms with E-state index in [1.165, 1.54) is 119 Å². The number of hydrogen-bond donors (Lipinski definition) is 0. The van der Waals surface area contributed by atoms with E-state index in [9.17, 15) is 0 Å². The monoisotopic (exact) mass is 505 g/mol. The van der Waals surface area contributed by atoms with Gasteiger partial charge in [0.1, 0.15) is 0 Å². The van der Waals surface area contributed by atoms with Gasteiger partial charge in [0.2, 0.25) is 0 Å². The summed E-state index contributed by atoms with van der Waals surface area (Å²) in [5.41, 5.74) is 0. The molecule has 0 spiro atoms. The van der Waals surface area contributed by atoms with Gasteiger partial charge in [-0.15, -0.1) is 0 Å². The fourth-order valence-corrected chi connectivity index (χ4v) is 6.19. The molecule has 0 amide bonds. The maximum absolute atomic E-state index is 2.37. The minimum absolute atomic E-state index is 0.588. The molecule has 1 aromatic carbocycles. The van der Waals surface area contributed by atoms with Crippen molar-refractivity contribution in [1.82, 2.24) is 4.57 Å². The van der Waals surface area contributed by atoms with Crippen molar-refractivity contribution < 1.29 is 4.57 Å². The Morgan fingerprint density at radius 3 is 1.78 bits per heavy atom. The van der Waals surface area contributed by atoms with Crippen LogP contribution in [0.1, 0.15) is 110 Å². The summed E-state index contributed by atoms with van der Waals surface area (Å²) in [5, 5.41) is 1.27. The molecule has 0 unspecified atom stereocenters. The molecule has 2 aromatic rings. The Morgan fingerprint density at radius 1 is 0.688 bits per heavy atom. The van der Waals surface area contributed by atoms with Gasteiger partial charge in [-0.1, -0.05) is 71.1 Å². The van der Waals surface area contributed by atoms with Crippen molar-refractivity contribution in [3.05, 3.63) is 49.1 Å². The van der Waals surface area contributed by atoms with Crippen LogP contribution in [0.4, 0.5) is 0 Å². The van der Waals surface area contributed by atoms with Gasteiger partial charge in [-0.2, -0.15) is 0 Å². The molecule has 32 heavy (non-hydrogen) atoms. The summed E-state index contributed by atoms with van der Waals surface area (Å²) >= 11 is 0.588. The first-order chi connectivity index (χ1) is 15.9. The Morgan fingerprint density at radius 2 is 1.22 bits per heavy atom. The Bertz CT molecular complexity index is 652. The summed E-state index contributed by atoms with van der Waals surface area (Å²) in [6, 6.07) is 10.9. The van der Waals surface area contributed by atoms with E-state index < -0.39 is 0 Å². The molecule has 0 aliphatic heterocycles. The topological polar surface area (TPSA) is 8.81 Å². The quantitative estimate of drug-likeness (QED) is 0.0946. The van der Waals surface area contributed by atoms with Crippen LogP contribution in [-0.4, -0.2) is 19.5 Å². The second-order valence-corrected chi connectivity index (χ2v) is 11.8. The third-order valence-electron chi connectivity index (χ3n) is 6.38. The molecule has 0 bridgehead atoms. The Kier molecular flexibility index (Phi) is 16.5. The predicted octanol–water partition coefficient (Wildman–Crippen LogP) is 7.49. The molecule has 0 aliphatic rings. The first-order valence-electron chi connectivity index (χ1n) is 13.6. The molecule has 1 heterocycles. The van der Waals surface area contributed by atoms with E-state index in [1.807, 2.05) is 0 Å². The van der Waals surface area contributed by atoms with Crippen LogP contribution < -0.4 is 9.03 Å². The van der Waals surface area contributed by atoms with Gasteiger partial charge in [0.05, 0.1) is 0 Å². The molecule has 1 aromatic heterocycles. The standard InChI is InChI=1S/C29H49N2Se/c1-2-3-4-5-6-7-8-9-10-11-12-13-14-15-16-20-23-30-24-25-31(28-30)26-27-32-29-21-18-17-19-22-29/h17-19,21-22,24-25,28H,2-16,20,23,26-27H2,1H3/q+1. The van der Waals surface area contributed by atoms with Crippen LogP contribution in [0, 0.1) is 0 Å². The van der Waals surface area contributed by atoms with Gasteiger partial charge in [0.25, 0.3) is 0 Å². The first kappa shape index (κ1) is 27.2. The van der Waals surface area contributed by atoms with Crippen molar-refractivity contribution in [2.45, 2.75) is 128 Å². The molecule has 2 nitrogen and oxygen atoms in total. The van der Waals surface area contributed by atoms with E-state index in [4.69, 9.17) is 0 Å². The van der Waals surface area contributed by atoms with Crippen molar-refractivity contribution in [3.8, 4) is 0 Å². The predicted molar refractivity (Wildman–Crippen MR) is 141 cm³/mol. The molecular weight excluding hydrogens is 455 g/mol. The fourth-order valence-electron chi connectivity index (χ4n) is 4.33. The van der Waals surface area contributed by atoms with E-state index in [0.717, 1.165) is 6.54 Å². The van der Waals surface area contributed by atoms with Gasteiger partial charge in [0.15, 0.2) is 0 Å². The van der Waals surface area contributed by atoms with Crippen LogP contribution in [0.5, 0.6) is 0 Å². The Labute approximate surface area is 205 Å². The van der Waals surface area contributed by atoms with E-state index >= 15 is 0 Å². The average molecular weight is 505 g/mol. The summed E-state index contributed by atoms with van der Waals surface area (Å²) in [4.78, 5) is 0. The molecule has 0 aliphatic carbocycles. The van der Waals surface area contributed by atoms with E-state index in [1.54, 1.807) is 0 Å². The third-order valence-corrected chi connectivity index (χ3v) is 8.46. The molecule has 3 heteroatoms. The Balaban J connectivity index is 1.33. The molecule has 180 valence electrons. The summed E-state index contributed by atoms with van der Waals surface area (Å²) in [6.07, 6.45) is 29.8. The average Bonchev–Trinajstić information content (AvgIpc) is 3.27. The number of hydrogen-bond acceptors (Lipinski definition) is 0. The first-order valence-corrected chi connectivity index (χ1v) is 15.7. The summed E-state index contributed by atoms with van der Waals surface area (Å²) in [7, 11) is 0. The normalized spacial score (nSPS) is 11.3. The number of benzene rings is 1. The fraction of sp³-hybridized carbons (Fsp3) is 0.690. The molecule has 0 saturated carbocycles. The van der Waals surface area contributed by atoms with Gasteiger partial charge < -0.3 is 0 Å². The number of rotatable bonds is 21. The maximum atomic E-state index is 2.37. The molecule has 0 N–H and O–H groups in total. The second kappa shape index (κ2) is 19.4. The van der Waals surface area contributed by atoms with Crippen LogP contribution in [0.2, 0.25) is 5.32 Å². The summed E-state index contributed by atoms with van der Waals surface area (Å²) < 4.78 is 6.24. The van der Waals surface area contributed by atoms with Crippen molar-refractivity contribution in [1.29, 1.82) is 0 Å². The van der Waals surface area contributed by atoms with Gasteiger partial charge in [0, 0.05) is 0 Å². The van der Waals surface area contributed by atoms with Gasteiger partial charge >= 0.3 is 135 Å². The van der Waals surface area contributed by atoms with E-state index in [0.29, 0.717) is 15.0 Å². The van der Waals surface area contributed by atoms with Crippen LogP contribution in [0.15, 0.2) is 49.1 Å². The van der Waals surface area contributed by atoms with E-state index in [2.05, 4.69) is 65.1 Å². The van der Waals surface area contributed by atoms with Crippen molar-refractivity contribution in [2.24, 2.45) is 0 Å². The minimum atomic E-state index is 0.588. The Hall–Kier alpha value is -1.05. The number of unbranched alkanes of at least 4 members (excludes halogenated alkanes) is 15. The molecule has 0 radical (unpaired) electrons.